The Hall–Kier alpha value is -2.79. The van der Waals surface area contributed by atoms with E-state index in [1.807, 2.05) is 4.90 Å². The molecule has 2 aliphatic heterocycles. The van der Waals surface area contributed by atoms with Crippen LogP contribution in [0.25, 0.3) is 11.0 Å². The van der Waals surface area contributed by atoms with Gasteiger partial charge in [-0.3, -0.25) is 14.8 Å². The van der Waals surface area contributed by atoms with Gasteiger partial charge in [0, 0.05) is 25.0 Å². The minimum absolute atomic E-state index is 0.0813. The standard InChI is InChI=1S/C22H27FN6O/c1-22(23)11-16(21(30)27-17-5-9-28(2)10-6-17)13-29(14-22)18-4-3-15(12-24)19-20(18)26-8-7-25-19/h3-4,7-8,16-17H,5-6,9-11,13-14H2,1-2H3,(H,27,30). The van der Waals surface area contributed by atoms with Gasteiger partial charge in [0.2, 0.25) is 5.91 Å². The number of likely N-dealkylation sites (tertiary alicyclic amines) is 1. The molecular weight excluding hydrogens is 383 g/mol. The molecule has 1 aromatic carbocycles. The molecule has 0 radical (unpaired) electrons. The lowest BCUT2D eigenvalue weighted by molar-refractivity contribution is -0.127. The molecular formula is C22H27FN6O. The van der Waals surface area contributed by atoms with E-state index < -0.39 is 11.6 Å². The van der Waals surface area contributed by atoms with Gasteiger partial charge in [-0.05, 0) is 58.5 Å². The van der Waals surface area contributed by atoms with Crippen molar-refractivity contribution < 1.29 is 9.18 Å². The number of anilines is 1. The Balaban J connectivity index is 1.57. The third-order valence-electron chi connectivity index (χ3n) is 6.13. The van der Waals surface area contributed by atoms with Crippen LogP contribution in [0, 0.1) is 17.2 Å². The first-order valence-electron chi connectivity index (χ1n) is 10.4. The largest absolute Gasteiger partial charge is 0.366 e. The molecule has 158 valence electrons. The highest BCUT2D eigenvalue weighted by Gasteiger charge is 2.40. The van der Waals surface area contributed by atoms with E-state index in [0.29, 0.717) is 28.8 Å². The first-order chi connectivity index (χ1) is 14.4. The van der Waals surface area contributed by atoms with Crippen LogP contribution in [0.5, 0.6) is 0 Å². The summed E-state index contributed by atoms with van der Waals surface area (Å²) in [5, 5.41) is 12.5. The van der Waals surface area contributed by atoms with E-state index >= 15 is 4.39 Å². The predicted octanol–water partition coefficient (Wildman–Crippen LogP) is 2.27. The average molecular weight is 410 g/mol. The molecule has 2 saturated heterocycles. The number of benzene rings is 1. The maximum absolute atomic E-state index is 15.3. The van der Waals surface area contributed by atoms with Crippen molar-refractivity contribution in [1.82, 2.24) is 20.2 Å². The Morgan fingerprint density at radius 1 is 1.27 bits per heavy atom. The van der Waals surface area contributed by atoms with E-state index in [0.717, 1.165) is 25.9 Å². The van der Waals surface area contributed by atoms with Gasteiger partial charge in [0.15, 0.2) is 0 Å². The number of nitriles is 1. The minimum Gasteiger partial charge on any atom is -0.366 e. The molecule has 2 atom stereocenters. The number of rotatable bonds is 3. The topological polar surface area (TPSA) is 85.2 Å². The van der Waals surface area contributed by atoms with Crippen molar-refractivity contribution in [2.75, 3.05) is 38.1 Å². The molecule has 7 nitrogen and oxygen atoms in total. The number of alkyl halides is 1. The van der Waals surface area contributed by atoms with Gasteiger partial charge in [-0.25, -0.2) is 4.39 Å². The lowest BCUT2D eigenvalue weighted by Gasteiger charge is -2.41. The summed E-state index contributed by atoms with van der Waals surface area (Å²) in [6.07, 6.45) is 5.14. The highest BCUT2D eigenvalue weighted by Crippen LogP contribution is 2.35. The van der Waals surface area contributed by atoms with E-state index in [-0.39, 0.29) is 24.9 Å². The number of fused-ring (bicyclic) bond motifs is 1. The number of hydrogen-bond donors (Lipinski definition) is 1. The Morgan fingerprint density at radius 2 is 1.97 bits per heavy atom. The molecule has 0 bridgehead atoms. The van der Waals surface area contributed by atoms with Crippen LogP contribution in [-0.2, 0) is 4.79 Å². The van der Waals surface area contributed by atoms with Crippen molar-refractivity contribution in [3.63, 3.8) is 0 Å². The van der Waals surface area contributed by atoms with Gasteiger partial charge in [-0.2, -0.15) is 5.26 Å². The number of nitrogens with one attached hydrogen (secondary N) is 1. The van der Waals surface area contributed by atoms with Crippen molar-refractivity contribution in [2.24, 2.45) is 5.92 Å². The second-order valence-corrected chi connectivity index (χ2v) is 8.78. The van der Waals surface area contributed by atoms with Gasteiger partial charge < -0.3 is 15.1 Å². The van der Waals surface area contributed by atoms with Crippen LogP contribution >= 0.6 is 0 Å². The molecule has 1 amide bonds. The fourth-order valence-electron chi connectivity index (χ4n) is 4.59. The fraction of sp³-hybridized carbons (Fsp3) is 0.545. The first kappa shape index (κ1) is 20.5. The lowest BCUT2D eigenvalue weighted by atomic mass is 9.86. The minimum atomic E-state index is -1.50. The van der Waals surface area contributed by atoms with Crippen LogP contribution in [0.4, 0.5) is 10.1 Å². The average Bonchev–Trinajstić information content (AvgIpc) is 2.73. The number of carbonyl (C=O) groups excluding carboxylic acids is 1. The van der Waals surface area contributed by atoms with Crippen molar-refractivity contribution >= 4 is 22.6 Å². The number of nitrogens with zero attached hydrogens (tertiary/aromatic N) is 5. The lowest BCUT2D eigenvalue weighted by Crippen LogP contribution is -2.54. The normalized spacial score (nSPS) is 25.8. The van der Waals surface area contributed by atoms with Gasteiger partial charge in [-0.15, -0.1) is 0 Å². The summed E-state index contributed by atoms with van der Waals surface area (Å²) in [6.45, 7) is 4.04. The molecule has 0 spiro atoms. The summed E-state index contributed by atoms with van der Waals surface area (Å²) in [4.78, 5) is 25.8. The number of amides is 1. The molecule has 2 unspecified atom stereocenters. The van der Waals surface area contributed by atoms with Crippen molar-refractivity contribution in [3.8, 4) is 6.07 Å². The Labute approximate surface area is 175 Å². The van der Waals surface area contributed by atoms with Gasteiger partial charge in [0.05, 0.1) is 23.7 Å². The molecule has 8 heteroatoms. The van der Waals surface area contributed by atoms with Crippen molar-refractivity contribution in [3.05, 3.63) is 30.1 Å². The van der Waals surface area contributed by atoms with Crippen LogP contribution < -0.4 is 10.2 Å². The maximum Gasteiger partial charge on any atom is 0.225 e. The predicted molar refractivity (Wildman–Crippen MR) is 113 cm³/mol. The zero-order chi connectivity index (χ0) is 21.3. The Kier molecular flexibility index (Phi) is 5.56. The summed E-state index contributed by atoms with van der Waals surface area (Å²) in [7, 11) is 2.08. The van der Waals surface area contributed by atoms with Gasteiger partial charge in [0.25, 0.3) is 0 Å². The van der Waals surface area contributed by atoms with E-state index in [1.54, 1.807) is 31.5 Å². The Morgan fingerprint density at radius 3 is 2.67 bits per heavy atom. The van der Waals surface area contributed by atoms with Crippen molar-refractivity contribution in [2.45, 2.75) is 37.9 Å². The second kappa shape index (κ2) is 8.15. The molecule has 0 saturated carbocycles. The van der Waals surface area contributed by atoms with Gasteiger partial charge in [0.1, 0.15) is 22.8 Å². The highest BCUT2D eigenvalue weighted by atomic mass is 19.1. The zero-order valence-corrected chi connectivity index (χ0v) is 17.4. The second-order valence-electron chi connectivity index (χ2n) is 8.78. The molecule has 30 heavy (non-hydrogen) atoms. The third kappa shape index (κ3) is 4.21. The smallest absolute Gasteiger partial charge is 0.225 e. The molecule has 1 aromatic heterocycles. The number of halogens is 1. The van der Waals surface area contributed by atoms with E-state index in [2.05, 4.69) is 33.3 Å². The molecule has 2 fully saturated rings. The summed E-state index contributed by atoms with van der Waals surface area (Å²) < 4.78 is 15.3. The molecule has 3 heterocycles. The number of aromatic nitrogens is 2. The fourth-order valence-corrected chi connectivity index (χ4v) is 4.59. The van der Waals surface area contributed by atoms with Crippen LogP contribution in [0.1, 0.15) is 31.7 Å². The molecule has 1 N–H and O–H groups in total. The van der Waals surface area contributed by atoms with Gasteiger partial charge in [-0.1, -0.05) is 0 Å². The first-order valence-corrected chi connectivity index (χ1v) is 10.4. The SMILES string of the molecule is CN1CCC(NC(=O)C2CN(c3ccc(C#N)c4nccnc34)CC(C)(F)C2)CC1. The van der Waals surface area contributed by atoms with Crippen LogP contribution in [0.15, 0.2) is 24.5 Å². The number of piperidine rings is 2. The van der Waals surface area contributed by atoms with Crippen LogP contribution in [0.3, 0.4) is 0 Å². The number of carbonyl (C=O) groups is 1. The summed E-state index contributed by atoms with van der Waals surface area (Å²) in [5.74, 6) is -0.530. The van der Waals surface area contributed by atoms with Crippen molar-refractivity contribution in [1.29, 1.82) is 5.26 Å². The quantitative estimate of drug-likeness (QED) is 0.836. The maximum atomic E-state index is 15.3. The zero-order valence-electron chi connectivity index (χ0n) is 17.4. The molecule has 0 aliphatic carbocycles. The molecule has 2 aliphatic rings. The summed E-state index contributed by atoms with van der Waals surface area (Å²) in [6, 6.07) is 5.74. The molecule has 4 rings (SSSR count). The Bertz CT molecular complexity index is 979. The monoisotopic (exact) mass is 410 g/mol. The van der Waals surface area contributed by atoms with Crippen LogP contribution in [-0.4, -0.2) is 65.7 Å². The van der Waals surface area contributed by atoms with E-state index in [9.17, 15) is 10.1 Å². The number of hydrogen-bond acceptors (Lipinski definition) is 6. The van der Waals surface area contributed by atoms with E-state index in [4.69, 9.17) is 0 Å². The highest BCUT2D eigenvalue weighted by molar-refractivity contribution is 5.92. The van der Waals surface area contributed by atoms with E-state index in [1.165, 1.54) is 0 Å². The van der Waals surface area contributed by atoms with Crippen LogP contribution in [0.2, 0.25) is 0 Å². The third-order valence-corrected chi connectivity index (χ3v) is 6.13. The molecule has 2 aromatic rings. The summed E-state index contributed by atoms with van der Waals surface area (Å²) in [5.41, 5.74) is 0.686. The van der Waals surface area contributed by atoms with Gasteiger partial charge >= 0.3 is 0 Å². The summed E-state index contributed by atoms with van der Waals surface area (Å²) >= 11 is 0.